The fraction of sp³-hybridized carbons (Fsp3) is 0.400. The van der Waals surface area contributed by atoms with Crippen molar-refractivity contribution in [3.63, 3.8) is 0 Å². The Hall–Kier alpha value is -1.14. The number of pyridine rings is 1. The maximum Gasteiger partial charge on any atom is 0.0644 e. The average molecular weight is 288 g/mol. The quantitative estimate of drug-likeness (QED) is 0.666. The number of fused-ring (bicyclic) bond motifs is 1. The molecule has 2 heterocycles. The van der Waals surface area contributed by atoms with E-state index in [-0.39, 0.29) is 6.04 Å². The lowest BCUT2D eigenvalue weighted by Gasteiger charge is -2.37. The van der Waals surface area contributed by atoms with Gasteiger partial charge in [0.05, 0.1) is 6.04 Å². The number of rotatable bonds is 3. The van der Waals surface area contributed by atoms with Crippen LogP contribution in [0.3, 0.4) is 0 Å². The molecule has 0 spiro atoms. The van der Waals surface area contributed by atoms with E-state index in [1.807, 2.05) is 30.2 Å². The molecule has 1 aromatic carbocycles. The topological polar surface area (TPSA) is 54.2 Å². The van der Waals surface area contributed by atoms with E-state index in [2.05, 4.69) is 40.6 Å². The summed E-state index contributed by atoms with van der Waals surface area (Å²) in [5, 5.41) is 2.39. The second-order valence-corrected chi connectivity index (χ2v) is 6.37. The summed E-state index contributed by atoms with van der Waals surface area (Å²) in [4.78, 5) is 6.77. The highest BCUT2D eigenvalue weighted by Gasteiger charge is 2.29. The van der Waals surface area contributed by atoms with E-state index in [1.54, 1.807) is 0 Å². The number of aromatic nitrogens is 1. The van der Waals surface area contributed by atoms with E-state index in [0.717, 1.165) is 17.7 Å². The van der Waals surface area contributed by atoms with Gasteiger partial charge in [0.15, 0.2) is 0 Å². The van der Waals surface area contributed by atoms with E-state index < -0.39 is 0 Å². The Bertz CT molecular complexity index is 584. The Kier molecular flexibility index (Phi) is 4.21. The zero-order chi connectivity index (χ0) is 13.9. The third-order valence-electron chi connectivity index (χ3n) is 4.04. The first-order valence-corrected chi connectivity index (χ1v) is 8.03. The lowest BCUT2D eigenvalue weighted by Crippen LogP contribution is -2.49. The monoisotopic (exact) mass is 288 g/mol. The molecule has 106 valence electrons. The van der Waals surface area contributed by atoms with Crippen LogP contribution in [0.5, 0.6) is 0 Å². The minimum absolute atomic E-state index is 0.103. The van der Waals surface area contributed by atoms with Crippen LogP contribution in [0.25, 0.3) is 10.8 Å². The van der Waals surface area contributed by atoms with Gasteiger partial charge in [-0.1, -0.05) is 24.3 Å². The molecule has 1 aliphatic rings. The van der Waals surface area contributed by atoms with Gasteiger partial charge in [-0.05, 0) is 18.0 Å². The number of benzene rings is 1. The fourth-order valence-corrected chi connectivity index (χ4v) is 4.12. The molecule has 4 nitrogen and oxygen atoms in total. The van der Waals surface area contributed by atoms with Gasteiger partial charge in [-0.15, -0.1) is 0 Å². The van der Waals surface area contributed by atoms with Crippen LogP contribution < -0.4 is 11.3 Å². The van der Waals surface area contributed by atoms with E-state index in [4.69, 9.17) is 5.84 Å². The molecule has 3 N–H and O–H groups in total. The highest BCUT2D eigenvalue weighted by atomic mass is 32.2. The zero-order valence-electron chi connectivity index (χ0n) is 11.6. The van der Waals surface area contributed by atoms with Gasteiger partial charge in [-0.2, -0.15) is 11.8 Å². The van der Waals surface area contributed by atoms with Gasteiger partial charge in [-0.25, -0.2) is 0 Å². The Morgan fingerprint density at radius 1 is 1.40 bits per heavy atom. The molecule has 0 aliphatic carbocycles. The summed E-state index contributed by atoms with van der Waals surface area (Å²) in [7, 11) is 2.17. The van der Waals surface area contributed by atoms with Crippen molar-refractivity contribution >= 4 is 22.5 Å². The lowest BCUT2D eigenvalue weighted by molar-refractivity contribution is 0.217. The number of hydrogen-bond acceptors (Lipinski definition) is 5. The molecule has 2 unspecified atom stereocenters. The summed E-state index contributed by atoms with van der Waals surface area (Å²) in [5.41, 5.74) is 4.20. The first-order valence-electron chi connectivity index (χ1n) is 6.88. The number of likely N-dealkylation sites (N-methyl/N-ethyl adjacent to an activating group) is 1. The van der Waals surface area contributed by atoms with E-state index in [0.29, 0.717) is 6.04 Å². The Morgan fingerprint density at radius 2 is 2.25 bits per heavy atom. The normalized spacial score (nSPS) is 22.0. The van der Waals surface area contributed by atoms with Crippen molar-refractivity contribution in [1.82, 2.24) is 15.3 Å². The molecule has 5 heteroatoms. The number of thioether (sulfide) groups is 1. The predicted molar refractivity (Wildman–Crippen MR) is 85.6 cm³/mol. The summed E-state index contributed by atoms with van der Waals surface area (Å²) in [6, 6.07) is 8.85. The molecular formula is C15H20N4S. The minimum atomic E-state index is 0.103. The van der Waals surface area contributed by atoms with E-state index in [1.165, 1.54) is 16.7 Å². The Labute approximate surface area is 123 Å². The van der Waals surface area contributed by atoms with Crippen LogP contribution in [0.1, 0.15) is 11.6 Å². The number of hydrogen-bond donors (Lipinski definition) is 2. The molecule has 0 amide bonds. The van der Waals surface area contributed by atoms with Gasteiger partial charge >= 0.3 is 0 Å². The van der Waals surface area contributed by atoms with Crippen LogP contribution in [0, 0.1) is 0 Å². The molecule has 0 bridgehead atoms. The van der Waals surface area contributed by atoms with Crippen molar-refractivity contribution in [2.24, 2.45) is 5.84 Å². The minimum Gasteiger partial charge on any atom is -0.300 e. The van der Waals surface area contributed by atoms with Crippen LogP contribution in [-0.2, 0) is 0 Å². The Morgan fingerprint density at radius 3 is 3.05 bits per heavy atom. The molecule has 0 radical (unpaired) electrons. The van der Waals surface area contributed by atoms with Crippen LogP contribution in [0.4, 0.5) is 0 Å². The van der Waals surface area contributed by atoms with Gasteiger partial charge in [0.2, 0.25) is 0 Å². The molecule has 1 saturated heterocycles. The zero-order valence-corrected chi connectivity index (χ0v) is 12.4. The highest BCUT2D eigenvalue weighted by Crippen LogP contribution is 2.30. The summed E-state index contributed by atoms with van der Waals surface area (Å²) in [6.45, 7) is 1.10. The maximum atomic E-state index is 5.88. The number of nitrogens with two attached hydrogens (primary N) is 1. The Balaban J connectivity index is 2.02. The van der Waals surface area contributed by atoms with Crippen molar-refractivity contribution in [3.05, 3.63) is 42.2 Å². The molecule has 20 heavy (non-hydrogen) atoms. The van der Waals surface area contributed by atoms with Crippen LogP contribution in [0.15, 0.2) is 36.7 Å². The van der Waals surface area contributed by atoms with Crippen molar-refractivity contribution < 1.29 is 0 Å². The molecule has 3 rings (SSSR count). The molecule has 1 aliphatic heterocycles. The number of nitrogens with zero attached hydrogens (tertiary/aromatic N) is 2. The van der Waals surface area contributed by atoms with Crippen molar-refractivity contribution in [3.8, 4) is 0 Å². The molecule has 2 atom stereocenters. The summed E-state index contributed by atoms with van der Waals surface area (Å²) < 4.78 is 0. The van der Waals surface area contributed by atoms with Crippen LogP contribution in [-0.4, -0.2) is 41.0 Å². The third-order valence-corrected chi connectivity index (χ3v) is 5.09. The van der Waals surface area contributed by atoms with Gasteiger partial charge in [0, 0.05) is 41.9 Å². The van der Waals surface area contributed by atoms with E-state index in [9.17, 15) is 0 Å². The largest absolute Gasteiger partial charge is 0.300 e. The summed E-state index contributed by atoms with van der Waals surface area (Å²) in [6.07, 6.45) is 3.85. The van der Waals surface area contributed by atoms with E-state index >= 15 is 0 Å². The lowest BCUT2D eigenvalue weighted by atomic mass is 9.96. The maximum absolute atomic E-state index is 5.88. The second kappa shape index (κ2) is 6.10. The number of nitrogens with one attached hydrogen (secondary N) is 1. The molecule has 1 aromatic heterocycles. The summed E-state index contributed by atoms with van der Waals surface area (Å²) in [5.74, 6) is 8.16. The molecule has 2 aromatic rings. The highest BCUT2D eigenvalue weighted by molar-refractivity contribution is 7.99. The van der Waals surface area contributed by atoms with Crippen LogP contribution >= 0.6 is 11.8 Å². The second-order valence-electron chi connectivity index (χ2n) is 5.22. The van der Waals surface area contributed by atoms with Gasteiger partial charge in [0.25, 0.3) is 0 Å². The smallest absolute Gasteiger partial charge is 0.0644 e. The first kappa shape index (κ1) is 13.8. The summed E-state index contributed by atoms with van der Waals surface area (Å²) >= 11 is 1.99. The van der Waals surface area contributed by atoms with Crippen molar-refractivity contribution in [2.45, 2.75) is 12.1 Å². The fourth-order valence-electron chi connectivity index (χ4n) is 2.85. The van der Waals surface area contributed by atoms with Gasteiger partial charge < -0.3 is 0 Å². The number of hydrazine groups is 1. The third kappa shape index (κ3) is 2.54. The molecule has 0 saturated carbocycles. The van der Waals surface area contributed by atoms with Crippen molar-refractivity contribution in [1.29, 1.82) is 0 Å². The van der Waals surface area contributed by atoms with Gasteiger partial charge in [-0.3, -0.25) is 21.2 Å². The van der Waals surface area contributed by atoms with Crippen LogP contribution in [0.2, 0.25) is 0 Å². The molecular weight excluding hydrogens is 268 g/mol. The molecule has 1 fully saturated rings. The SMILES string of the molecule is CN1CCSCC1C(NN)c1cncc2ccccc12. The first-order chi connectivity index (χ1) is 9.81. The van der Waals surface area contributed by atoms with Gasteiger partial charge in [0.1, 0.15) is 0 Å². The van der Waals surface area contributed by atoms with Crippen molar-refractivity contribution in [2.75, 3.05) is 25.1 Å². The average Bonchev–Trinajstić information content (AvgIpc) is 2.50. The standard InChI is InChI=1S/C15H20N4S/c1-19-6-7-20-10-14(19)15(18-16)13-9-17-8-11-4-2-3-5-12(11)13/h2-5,8-9,14-15,18H,6-7,10,16H2,1H3. The predicted octanol–water partition coefficient (Wildman–Crippen LogP) is 1.79.